The molecule has 0 aromatic heterocycles. The molecule has 0 bridgehead atoms. The maximum atomic E-state index is 11.6. The van der Waals surface area contributed by atoms with E-state index in [0.717, 1.165) is 10.0 Å². The van der Waals surface area contributed by atoms with Gasteiger partial charge >= 0.3 is 0 Å². The van der Waals surface area contributed by atoms with Crippen molar-refractivity contribution >= 4 is 33.4 Å². The highest BCUT2D eigenvalue weighted by Crippen LogP contribution is 2.31. The SMILES string of the molecule is Cc1cc(Br)cc(Cl)c1OCC(=O)NC(C)(C)C. The molecule has 0 atom stereocenters. The molecule has 0 unspecified atom stereocenters. The molecule has 18 heavy (non-hydrogen) atoms. The van der Waals surface area contributed by atoms with E-state index in [0.29, 0.717) is 10.8 Å². The number of halogens is 2. The zero-order chi connectivity index (χ0) is 13.9. The fraction of sp³-hybridized carbons (Fsp3) is 0.462. The number of amides is 1. The molecule has 1 aromatic carbocycles. The zero-order valence-corrected chi connectivity index (χ0v) is 13.3. The van der Waals surface area contributed by atoms with Gasteiger partial charge in [-0.25, -0.2) is 0 Å². The second-order valence-electron chi connectivity index (χ2n) is 5.12. The van der Waals surface area contributed by atoms with Crippen LogP contribution in [-0.4, -0.2) is 18.1 Å². The van der Waals surface area contributed by atoms with Crippen LogP contribution in [0.25, 0.3) is 0 Å². The van der Waals surface area contributed by atoms with Crippen molar-refractivity contribution in [3.05, 3.63) is 27.2 Å². The number of ether oxygens (including phenoxy) is 1. The summed E-state index contributed by atoms with van der Waals surface area (Å²) in [4.78, 5) is 11.6. The molecule has 100 valence electrons. The average Bonchev–Trinajstić information content (AvgIpc) is 2.12. The molecule has 0 fully saturated rings. The highest BCUT2D eigenvalue weighted by Gasteiger charge is 2.15. The third kappa shape index (κ3) is 4.86. The van der Waals surface area contributed by atoms with Crippen LogP contribution in [0.5, 0.6) is 5.75 Å². The van der Waals surface area contributed by atoms with Gasteiger partial charge in [0.05, 0.1) is 5.02 Å². The molecule has 0 radical (unpaired) electrons. The van der Waals surface area contributed by atoms with Gasteiger partial charge in [0.15, 0.2) is 6.61 Å². The number of nitrogens with one attached hydrogen (secondary N) is 1. The maximum Gasteiger partial charge on any atom is 0.258 e. The van der Waals surface area contributed by atoms with E-state index < -0.39 is 0 Å². The molecule has 1 aromatic rings. The van der Waals surface area contributed by atoms with Crippen LogP contribution in [0.3, 0.4) is 0 Å². The number of aryl methyl sites for hydroxylation is 1. The second kappa shape index (κ2) is 5.93. The number of benzene rings is 1. The molecule has 5 heteroatoms. The van der Waals surface area contributed by atoms with E-state index in [1.54, 1.807) is 6.07 Å². The van der Waals surface area contributed by atoms with Gasteiger partial charge in [0.1, 0.15) is 5.75 Å². The largest absolute Gasteiger partial charge is 0.482 e. The smallest absolute Gasteiger partial charge is 0.258 e. The monoisotopic (exact) mass is 333 g/mol. The Kier molecular flexibility index (Phi) is 5.05. The van der Waals surface area contributed by atoms with Crippen LogP contribution >= 0.6 is 27.5 Å². The Bertz CT molecular complexity index is 432. The van der Waals surface area contributed by atoms with E-state index in [1.807, 2.05) is 33.8 Å². The fourth-order valence-electron chi connectivity index (χ4n) is 1.46. The quantitative estimate of drug-likeness (QED) is 0.915. The van der Waals surface area contributed by atoms with Crippen LogP contribution in [0, 0.1) is 6.92 Å². The molecule has 0 aliphatic heterocycles. The van der Waals surface area contributed by atoms with Crippen molar-refractivity contribution < 1.29 is 9.53 Å². The normalized spacial score (nSPS) is 11.2. The molecule has 0 aliphatic carbocycles. The molecule has 0 heterocycles. The molecule has 0 saturated carbocycles. The lowest BCUT2D eigenvalue weighted by Gasteiger charge is -2.20. The van der Waals surface area contributed by atoms with Gasteiger partial charge in [-0.05, 0) is 45.4 Å². The van der Waals surface area contributed by atoms with Crippen molar-refractivity contribution in [1.82, 2.24) is 5.32 Å². The van der Waals surface area contributed by atoms with Gasteiger partial charge < -0.3 is 10.1 Å². The molecule has 3 nitrogen and oxygen atoms in total. The first-order chi connectivity index (χ1) is 8.19. The molecule has 0 spiro atoms. The van der Waals surface area contributed by atoms with E-state index in [2.05, 4.69) is 21.2 Å². The second-order valence-corrected chi connectivity index (χ2v) is 6.44. The Balaban J connectivity index is 2.67. The lowest BCUT2D eigenvalue weighted by Crippen LogP contribution is -2.43. The van der Waals surface area contributed by atoms with Crippen LogP contribution in [-0.2, 0) is 4.79 Å². The van der Waals surface area contributed by atoms with Crippen LogP contribution in [0.4, 0.5) is 0 Å². The summed E-state index contributed by atoms with van der Waals surface area (Å²) in [7, 11) is 0. The van der Waals surface area contributed by atoms with Gasteiger partial charge in [-0.15, -0.1) is 0 Å². The van der Waals surface area contributed by atoms with Gasteiger partial charge in [0.2, 0.25) is 0 Å². The van der Waals surface area contributed by atoms with Crippen LogP contribution in [0.15, 0.2) is 16.6 Å². The Morgan fingerprint density at radius 1 is 1.44 bits per heavy atom. The Morgan fingerprint density at radius 2 is 2.06 bits per heavy atom. The molecular formula is C13H17BrClNO2. The number of carbonyl (C=O) groups excluding carboxylic acids is 1. The van der Waals surface area contributed by atoms with E-state index in [9.17, 15) is 4.79 Å². The van der Waals surface area contributed by atoms with Gasteiger partial charge in [-0.2, -0.15) is 0 Å². The minimum atomic E-state index is -0.265. The van der Waals surface area contributed by atoms with E-state index in [-0.39, 0.29) is 18.1 Å². The zero-order valence-electron chi connectivity index (χ0n) is 10.9. The summed E-state index contributed by atoms with van der Waals surface area (Å²) in [6, 6.07) is 3.63. The summed E-state index contributed by atoms with van der Waals surface area (Å²) >= 11 is 9.41. The number of hydrogen-bond acceptors (Lipinski definition) is 2. The first-order valence-electron chi connectivity index (χ1n) is 5.58. The minimum Gasteiger partial charge on any atom is -0.482 e. The van der Waals surface area contributed by atoms with Crippen molar-refractivity contribution in [1.29, 1.82) is 0 Å². The average molecular weight is 335 g/mol. The third-order valence-electron chi connectivity index (χ3n) is 2.06. The predicted octanol–water partition coefficient (Wildman–Crippen LogP) is 3.70. The first kappa shape index (κ1) is 15.3. The lowest BCUT2D eigenvalue weighted by molar-refractivity contribution is -0.124. The summed E-state index contributed by atoms with van der Waals surface area (Å²) < 4.78 is 6.35. The molecule has 1 rings (SSSR count). The molecule has 1 amide bonds. The number of carbonyl (C=O) groups is 1. The summed E-state index contributed by atoms with van der Waals surface area (Å²) in [5, 5.41) is 3.31. The number of hydrogen-bond donors (Lipinski definition) is 1. The highest BCUT2D eigenvalue weighted by molar-refractivity contribution is 9.10. The predicted molar refractivity (Wildman–Crippen MR) is 77.3 cm³/mol. The third-order valence-corrected chi connectivity index (χ3v) is 2.79. The minimum absolute atomic E-state index is 0.0422. The van der Waals surface area contributed by atoms with Gasteiger partial charge in [0, 0.05) is 10.0 Å². The Labute approximate surface area is 121 Å². The van der Waals surface area contributed by atoms with E-state index >= 15 is 0 Å². The van der Waals surface area contributed by atoms with Crippen LogP contribution < -0.4 is 10.1 Å². The summed E-state index contributed by atoms with van der Waals surface area (Å²) in [5.74, 6) is 0.379. The maximum absolute atomic E-state index is 11.6. The standard InChI is InChI=1S/C13H17BrClNO2/c1-8-5-9(14)6-10(15)12(8)18-7-11(17)16-13(2,3)4/h5-6H,7H2,1-4H3,(H,16,17). The highest BCUT2D eigenvalue weighted by atomic mass is 79.9. The molecule has 0 saturated heterocycles. The lowest BCUT2D eigenvalue weighted by atomic mass is 10.1. The molecular weight excluding hydrogens is 318 g/mol. The topological polar surface area (TPSA) is 38.3 Å². The van der Waals surface area contributed by atoms with Crippen LogP contribution in [0.1, 0.15) is 26.3 Å². The number of rotatable bonds is 3. The molecule has 0 aliphatic rings. The van der Waals surface area contributed by atoms with Crippen molar-refractivity contribution in [2.75, 3.05) is 6.61 Å². The summed E-state index contributed by atoms with van der Waals surface area (Å²) in [5.41, 5.74) is 0.622. The van der Waals surface area contributed by atoms with Crippen molar-refractivity contribution in [2.24, 2.45) is 0 Å². The van der Waals surface area contributed by atoms with Crippen molar-refractivity contribution in [2.45, 2.75) is 33.2 Å². The molecule has 1 N–H and O–H groups in total. The first-order valence-corrected chi connectivity index (χ1v) is 6.75. The van der Waals surface area contributed by atoms with E-state index in [1.165, 1.54) is 0 Å². The summed E-state index contributed by atoms with van der Waals surface area (Å²) in [6.45, 7) is 7.60. The van der Waals surface area contributed by atoms with E-state index in [4.69, 9.17) is 16.3 Å². The fourth-order valence-corrected chi connectivity index (χ4v) is 2.49. The van der Waals surface area contributed by atoms with Gasteiger partial charge in [-0.1, -0.05) is 27.5 Å². The Morgan fingerprint density at radius 3 is 2.56 bits per heavy atom. The Hall–Kier alpha value is -0.740. The van der Waals surface area contributed by atoms with Crippen molar-refractivity contribution in [3.63, 3.8) is 0 Å². The van der Waals surface area contributed by atoms with Gasteiger partial charge in [0.25, 0.3) is 5.91 Å². The van der Waals surface area contributed by atoms with Crippen molar-refractivity contribution in [3.8, 4) is 5.75 Å². The van der Waals surface area contributed by atoms with Crippen LogP contribution in [0.2, 0.25) is 5.02 Å². The van der Waals surface area contributed by atoms with Gasteiger partial charge in [-0.3, -0.25) is 4.79 Å². The summed E-state index contributed by atoms with van der Waals surface area (Å²) in [6.07, 6.45) is 0.